The van der Waals surface area contributed by atoms with Gasteiger partial charge in [-0.1, -0.05) is 0 Å². The van der Waals surface area contributed by atoms with Gasteiger partial charge in [0.05, 0.1) is 0 Å². The van der Waals surface area contributed by atoms with Crippen LogP contribution in [0.3, 0.4) is 0 Å². The van der Waals surface area contributed by atoms with E-state index in [2.05, 4.69) is 15.3 Å². The molecule has 0 spiro atoms. The Morgan fingerprint density at radius 2 is 2.32 bits per heavy atom. The summed E-state index contributed by atoms with van der Waals surface area (Å²) >= 11 is 5.71. The molecule has 1 aromatic heterocycles. The van der Waals surface area contributed by atoms with Crippen molar-refractivity contribution >= 4 is 17.5 Å². The molecule has 1 saturated carbocycles. The topological polar surface area (TPSA) is 64.1 Å². The van der Waals surface area contributed by atoms with E-state index in [4.69, 9.17) is 16.3 Å². The van der Waals surface area contributed by atoms with Crippen molar-refractivity contribution < 1.29 is 9.53 Å². The van der Waals surface area contributed by atoms with Crippen LogP contribution in [0, 0.1) is 12.8 Å². The van der Waals surface area contributed by atoms with Gasteiger partial charge in [-0.25, -0.2) is 9.97 Å². The number of halogens is 1. The van der Waals surface area contributed by atoms with E-state index in [-0.39, 0.29) is 11.2 Å². The minimum absolute atomic E-state index is 0.0953. The third-order valence-electron chi connectivity index (χ3n) is 2.86. The van der Waals surface area contributed by atoms with Crippen LogP contribution in [-0.2, 0) is 4.74 Å². The summed E-state index contributed by atoms with van der Waals surface area (Å²) in [4.78, 5) is 19.6. The first-order valence-corrected chi connectivity index (χ1v) is 6.90. The van der Waals surface area contributed by atoms with Crippen LogP contribution in [0.15, 0.2) is 6.07 Å². The molecule has 1 amide bonds. The monoisotopic (exact) mass is 283 g/mol. The Hall–Kier alpha value is -1.20. The zero-order chi connectivity index (χ0) is 13.7. The number of nitrogens with zero attached hydrogens (tertiary/aromatic N) is 2. The quantitative estimate of drug-likeness (QED) is 0.614. The molecular weight excluding hydrogens is 266 g/mol. The van der Waals surface area contributed by atoms with Crippen molar-refractivity contribution in [2.24, 2.45) is 5.92 Å². The minimum atomic E-state index is -0.227. The second kappa shape index (κ2) is 6.82. The van der Waals surface area contributed by atoms with Gasteiger partial charge in [0.15, 0.2) is 0 Å². The summed E-state index contributed by atoms with van der Waals surface area (Å²) in [6.45, 7) is 3.88. The van der Waals surface area contributed by atoms with Crippen molar-refractivity contribution in [2.45, 2.75) is 26.2 Å². The lowest BCUT2D eigenvalue weighted by Gasteiger charge is -2.06. The molecule has 0 atom stereocenters. The highest BCUT2D eigenvalue weighted by molar-refractivity contribution is 6.28. The molecule has 1 N–H and O–H groups in total. The zero-order valence-electron chi connectivity index (χ0n) is 11.0. The number of carbonyl (C=O) groups excluding carboxylic acids is 1. The molecule has 0 radical (unpaired) electrons. The van der Waals surface area contributed by atoms with E-state index in [1.54, 1.807) is 13.0 Å². The zero-order valence-corrected chi connectivity index (χ0v) is 11.7. The van der Waals surface area contributed by atoms with Gasteiger partial charge in [-0.3, -0.25) is 4.79 Å². The van der Waals surface area contributed by atoms with E-state index in [1.807, 2.05) is 0 Å². The lowest BCUT2D eigenvalue weighted by Crippen LogP contribution is -2.26. The van der Waals surface area contributed by atoms with Crippen molar-refractivity contribution in [1.82, 2.24) is 15.3 Å². The van der Waals surface area contributed by atoms with Gasteiger partial charge >= 0.3 is 0 Å². The fourth-order valence-electron chi connectivity index (χ4n) is 1.65. The molecule has 0 aliphatic heterocycles. The summed E-state index contributed by atoms with van der Waals surface area (Å²) in [7, 11) is 0. The van der Waals surface area contributed by atoms with Crippen molar-refractivity contribution in [1.29, 1.82) is 0 Å². The molecule has 19 heavy (non-hydrogen) atoms. The highest BCUT2D eigenvalue weighted by atomic mass is 35.5. The van der Waals surface area contributed by atoms with Gasteiger partial charge in [-0.2, -0.15) is 0 Å². The molecule has 5 nitrogen and oxygen atoms in total. The number of rotatable bonds is 7. The third kappa shape index (κ3) is 5.12. The van der Waals surface area contributed by atoms with Crippen LogP contribution in [0.5, 0.6) is 0 Å². The average molecular weight is 284 g/mol. The second-order valence-electron chi connectivity index (χ2n) is 4.79. The molecule has 1 aromatic rings. The van der Waals surface area contributed by atoms with E-state index < -0.39 is 0 Å². The van der Waals surface area contributed by atoms with Crippen LogP contribution >= 0.6 is 11.6 Å². The van der Waals surface area contributed by atoms with Crippen molar-refractivity contribution in [3.63, 3.8) is 0 Å². The predicted octanol–water partition coefficient (Wildman–Crippen LogP) is 1.98. The summed E-state index contributed by atoms with van der Waals surface area (Å²) in [6.07, 6.45) is 3.39. The number of carbonyl (C=O) groups is 1. The predicted molar refractivity (Wildman–Crippen MR) is 72.3 cm³/mol. The van der Waals surface area contributed by atoms with Crippen molar-refractivity contribution in [3.8, 4) is 0 Å². The molecule has 0 saturated heterocycles. The van der Waals surface area contributed by atoms with Gasteiger partial charge in [-0.15, -0.1) is 0 Å². The molecule has 1 fully saturated rings. The van der Waals surface area contributed by atoms with E-state index in [0.717, 1.165) is 18.9 Å². The molecule has 0 unspecified atom stereocenters. The van der Waals surface area contributed by atoms with Gasteiger partial charge in [-0.05, 0) is 49.8 Å². The molecule has 0 aromatic carbocycles. The third-order valence-corrected chi connectivity index (χ3v) is 3.03. The molecular formula is C13H18ClN3O2. The minimum Gasteiger partial charge on any atom is -0.381 e. The molecule has 104 valence electrons. The number of nitrogens with one attached hydrogen (secondary N) is 1. The molecule has 6 heteroatoms. The Balaban J connectivity index is 1.65. The fourth-order valence-corrected chi connectivity index (χ4v) is 1.87. The van der Waals surface area contributed by atoms with E-state index >= 15 is 0 Å². The average Bonchev–Trinajstić information content (AvgIpc) is 3.16. The van der Waals surface area contributed by atoms with Crippen LogP contribution in [0.1, 0.15) is 35.4 Å². The van der Waals surface area contributed by atoms with Crippen molar-refractivity contribution in [2.75, 3.05) is 19.8 Å². The largest absolute Gasteiger partial charge is 0.381 e. The van der Waals surface area contributed by atoms with Gasteiger partial charge in [0.25, 0.3) is 5.91 Å². The fraction of sp³-hybridized carbons (Fsp3) is 0.615. The first-order chi connectivity index (χ1) is 9.15. The maximum Gasteiger partial charge on any atom is 0.270 e. The van der Waals surface area contributed by atoms with Crippen LogP contribution in [0.25, 0.3) is 0 Å². The van der Waals surface area contributed by atoms with Crippen LogP contribution < -0.4 is 5.32 Å². The molecule has 0 bridgehead atoms. The standard InChI is InChI=1S/C13H18ClN3O2/c1-9-7-11(17-13(14)16-9)12(18)15-5-2-6-19-8-10-3-4-10/h7,10H,2-6,8H2,1H3,(H,15,18). The van der Waals surface area contributed by atoms with E-state index in [9.17, 15) is 4.79 Å². The molecule has 1 heterocycles. The molecule has 1 aliphatic rings. The smallest absolute Gasteiger partial charge is 0.270 e. The van der Waals surface area contributed by atoms with Gasteiger partial charge in [0.2, 0.25) is 5.28 Å². The molecule has 1 aliphatic carbocycles. The molecule has 2 rings (SSSR count). The Labute approximate surface area is 117 Å². The van der Waals surface area contributed by atoms with Crippen LogP contribution in [-0.4, -0.2) is 35.6 Å². The summed E-state index contributed by atoms with van der Waals surface area (Å²) in [5.74, 6) is 0.551. The summed E-state index contributed by atoms with van der Waals surface area (Å²) in [5.41, 5.74) is 0.981. The first-order valence-electron chi connectivity index (χ1n) is 6.52. The highest BCUT2D eigenvalue weighted by Gasteiger charge is 2.20. The highest BCUT2D eigenvalue weighted by Crippen LogP contribution is 2.28. The summed E-state index contributed by atoms with van der Waals surface area (Å²) in [5, 5.41) is 2.88. The number of ether oxygens (including phenoxy) is 1. The lowest BCUT2D eigenvalue weighted by molar-refractivity contribution is 0.0932. The van der Waals surface area contributed by atoms with Crippen LogP contribution in [0.4, 0.5) is 0 Å². The van der Waals surface area contributed by atoms with Gasteiger partial charge < -0.3 is 10.1 Å². The lowest BCUT2D eigenvalue weighted by atomic mass is 10.3. The SMILES string of the molecule is Cc1cc(C(=O)NCCCOCC2CC2)nc(Cl)n1. The maximum absolute atomic E-state index is 11.8. The van der Waals surface area contributed by atoms with E-state index in [1.165, 1.54) is 12.8 Å². The number of hydrogen-bond donors (Lipinski definition) is 1. The summed E-state index contributed by atoms with van der Waals surface area (Å²) < 4.78 is 5.49. The number of amides is 1. The second-order valence-corrected chi connectivity index (χ2v) is 5.13. The normalized spacial score (nSPS) is 14.4. The van der Waals surface area contributed by atoms with Crippen molar-refractivity contribution in [3.05, 3.63) is 22.7 Å². The van der Waals surface area contributed by atoms with Crippen LogP contribution in [0.2, 0.25) is 5.28 Å². The Morgan fingerprint density at radius 1 is 1.53 bits per heavy atom. The number of hydrogen-bond acceptors (Lipinski definition) is 4. The Kier molecular flexibility index (Phi) is 5.10. The Morgan fingerprint density at radius 3 is 3.00 bits per heavy atom. The van der Waals surface area contributed by atoms with E-state index in [0.29, 0.717) is 24.5 Å². The van der Waals surface area contributed by atoms with Gasteiger partial charge in [0, 0.05) is 25.5 Å². The number of aromatic nitrogens is 2. The first kappa shape index (κ1) is 14.2. The Bertz CT molecular complexity index is 429. The summed E-state index contributed by atoms with van der Waals surface area (Å²) in [6, 6.07) is 1.62. The van der Waals surface area contributed by atoms with Gasteiger partial charge in [0.1, 0.15) is 5.69 Å². The number of aryl methyl sites for hydroxylation is 1. The maximum atomic E-state index is 11.8.